The number of carbonyl (C=O) groups excluding carboxylic acids is 1. The van der Waals surface area contributed by atoms with Crippen LogP contribution < -0.4 is 0 Å². The minimum absolute atomic E-state index is 0.355. The first-order valence-corrected chi connectivity index (χ1v) is 5.75. The van der Waals surface area contributed by atoms with Gasteiger partial charge in [0.2, 0.25) is 10.0 Å². The molecule has 0 spiro atoms. The van der Waals surface area contributed by atoms with E-state index in [9.17, 15) is 13.2 Å². The zero-order valence-corrected chi connectivity index (χ0v) is 8.79. The number of ether oxygens (including phenoxy) is 1. The highest BCUT2D eigenvalue weighted by Gasteiger charge is 2.37. The highest BCUT2D eigenvalue weighted by Crippen LogP contribution is 2.22. The molecule has 5 nitrogen and oxygen atoms in total. The maximum atomic E-state index is 11.4. The van der Waals surface area contributed by atoms with Crippen LogP contribution in [0.5, 0.6) is 0 Å². The molecular formula is C8H13NO4S. The zero-order valence-electron chi connectivity index (χ0n) is 7.97. The van der Waals surface area contributed by atoms with E-state index in [2.05, 4.69) is 11.3 Å². The second kappa shape index (κ2) is 4.10. The molecule has 1 rings (SSSR count). The summed E-state index contributed by atoms with van der Waals surface area (Å²) >= 11 is 0. The van der Waals surface area contributed by atoms with E-state index < -0.39 is 22.0 Å². The minimum atomic E-state index is -3.51. The van der Waals surface area contributed by atoms with Crippen LogP contribution in [0.1, 0.15) is 12.8 Å². The molecule has 1 fully saturated rings. The van der Waals surface area contributed by atoms with E-state index in [1.54, 1.807) is 0 Å². The van der Waals surface area contributed by atoms with Crippen molar-refractivity contribution in [1.29, 1.82) is 0 Å². The zero-order chi connectivity index (χ0) is 10.8. The fourth-order valence-electron chi connectivity index (χ4n) is 1.51. The monoisotopic (exact) mass is 219 g/mol. The van der Waals surface area contributed by atoms with E-state index in [0.29, 0.717) is 19.4 Å². The van der Waals surface area contributed by atoms with Crippen LogP contribution in [0.4, 0.5) is 0 Å². The van der Waals surface area contributed by atoms with Gasteiger partial charge in [-0.25, -0.2) is 8.42 Å². The number of esters is 1. The van der Waals surface area contributed by atoms with Crippen molar-refractivity contribution in [3.8, 4) is 0 Å². The molecule has 0 aromatic rings. The molecule has 0 aliphatic carbocycles. The molecule has 80 valence electrons. The third kappa shape index (κ3) is 1.96. The van der Waals surface area contributed by atoms with Crippen molar-refractivity contribution >= 4 is 16.0 Å². The number of hydrogen-bond acceptors (Lipinski definition) is 4. The van der Waals surface area contributed by atoms with Crippen molar-refractivity contribution in [3.63, 3.8) is 0 Å². The second-order valence-corrected chi connectivity index (χ2v) is 4.84. The smallest absolute Gasteiger partial charge is 0.324 e. The Hall–Kier alpha value is -0.880. The lowest BCUT2D eigenvalue weighted by Gasteiger charge is -2.19. The lowest BCUT2D eigenvalue weighted by molar-refractivity contribution is -0.144. The Kier molecular flexibility index (Phi) is 3.28. The van der Waals surface area contributed by atoms with Crippen LogP contribution in [0.3, 0.4) is 0 Å². The Balaban J connectivity index is 2.89. The van der Waals surface area contributed by atoms with Gasteiger partial charge >= 0.3 is 5.97 Å². The molecule has 0 saturated carbocycles. The van der Waals surface area contributed by atoms with Gasteiger partial charge in [0, 0.05) is 12.0 Å². The predicted molar refractivity (Wildman–Crippen MR) is 50.9 cm³/mol. The standard InChI is InChI=1S/C8H13NO4S/c1-3-14(11,12)9-6-4-5-7(9)8(10)13-2/h3,7H,1,4-6H2,2H3/t7-/m0/s1. The number of sulfonamides is 1. The van der Waals surface area contributed by atoms with Crippen molar-refractivity contribution < 1.29 is 17.9 Å². The molecule has 1 saturated heterocycles. The largest absolute Gasteiger partial charge is 0.468 e. The van der Waals surface area contributed by atoms with E-state index in [1.807, 2.05) is 0 Å². The molecule has 1 atom stereocenters. The van der Waals surface area contributed by atoms with Gasteiger partial charge < -0.3 is 4.74 Å². The SMILES string of the molecule is C=CS(=O)(=O)N1CCC[C@H]1C(=O)OC. The average Bonchev–Trinajstić information content (AvgIpc) is 2.65. The number of nitrogens with zero attached hydrogens (tertiary/aromatic N) is 1. The van der Waals surface area contributed by atoms with Crippen molar-refractivity contribution in [3.05, 3.63) is 12.0 Å². The quantitative estimate of drug-likeness (QED) is 0.631. The van der Waals surface area contributed by atoms with Crippen molar-refractivity contribution in [1.82, 2.24) is 4.31 Å². The molecular weight excluding hydrogens is 206 g/mol. The second-order valence-electron chi connectivity index (χ2n) is 3.00. The lowest BCUT2D eigenvalue weighted by Crippen LogP contribution is -2.39. The molecule has 0 unspecified atom stereocenters. The predicted octanol–water partition coefficient (Wildman–Crippen LogP) is 0.0971. The summed E-state index contributed by atoms with van der Waals surface area (Å²) in [6.45, 7) is 3.57. The third-order valence-electron chi connectivity index (χ3n) is 2.21. The summed E-state index contributed by atoms with van der Waals surface area (Å²) in [4.78, 5) is 11.2. The maximum absolute atomic E-state index is 11.4. The molecule has 1 aliphatic heterocycles. The normalized spacial score (nSPS) is 23.4. The lowest BCUT2D eigenvalue weighted by atomic mass is 10.2. The maximum Gasteiger partial charge on any atom is 0.324 e. The van der Waals surface area contributed by atoms with Crippen LogP contribution >= 0.6 is 0 Å². The first-order valence-electron chi connectivity index (χ1n) is 4.25. The number of carbonyl (C=O) groups is 1. The summed E-state index contributed by atoms with van der Waals surface area (Å²) in [6.07, 6.45) is 1.19. The fraction of sp³-hybridized carbons (Fsp3) is 0.625. The summed E-state index contributed by atoms with van der Waals surface area (Å²) in [5, 5.41) is 0.855. The van der Waals surface area contributed by atoms with Crippen molar-refractivity contribution in [2.75, 3.05) is 13.7 Å². The molecule has 0 amide bonds. The van der Waals surface area contributed by atoms with Gasteiger partial charge in [-0.2, -0.15) is 4.31 Å². The summed E-state index contributed by atoms with van der Waals surface area (Å²) < 4.78 is 28.5. The van der Waals surface area contributed by atoms with E-state index in [1.165, 1.54) is 7.11 Å². The number of hydrogen-bond donors (Lipinski definition) is 0. The van der Waals surface area contributed by atoms with Crippen LogP contribution in [0.2, 0.25) is 0 Å². The molecule has 0 bridgehead atoms. The molecule has 0 aromatic heterocycles. The fourth-order valence-corrected chi connectivity index (χ4v) is 2.63. The van der Waals surface area contributed by atoms with Gasteiger partial charge in [0.25, 0.3) is 0 Å². The number of methoxy groups -OCH3 is 1. The Morgan fingerprint density at radius 1 is 1.64 bits per heavy atom. The molecule has 6 heteroatoms. The van der Waals surface area contributed by atoms with Gasteiger partial charge in [0.05, 0.1) is 7.11 Å². The minimum Gasteiger partial charge on any atom is -0.468 e. The van der Waals surface area contributed by atoms with E-state index in [-0.39, 0.29) is 0 Å². The van der Waals surface area contributed by atoms with Gasteiger partial charge in [0.1, 0.15) is 6.04 Å². The first kappa shape index (κ1) is 11.2. The van der Waals surface area contributed by atoms with Gasteiger partial charge in [-0.1, -0.05) is 6.58 Å². The third-order valence-corrected chi connectivity index (χ3v) is 3.73. The molecule has 1 aliphatic rings. The van der Waals surface area contributed by atoms with Crippen molar-refractivity contribution in [2.45, 2.75) is 18.9 Å². The highest BCUT2D eigenvalue weighted by molar-refractivity contribution is 7.92. The van der Waals surface area contributed by atoms with Crippen molar-refractivity contribution in [2.24, 2.45) is 0 Å². The van der Waals surface area contributed by atoms with Gasteiger partial charge in [0.15, 0.2) is 0 Å². The summed E-state index contributed by atoms with van der Waals surface area (Å²) in [5.41, 5.74) is 0. The Morgan fingerprint density at radius 2 is 2.29 bits per heavy atom. The van der Waals surface area contributed by atoms with Crippen LogP contribution in [0.15, 0.2) is 12.0 Å². The topological polar surface area (TPSA) is 63.7 Å². The van der Waals surface area contributed by atoms with Crippen LogP contribution in [0.25, 0.3) is 0 Å². The Labute approximate surface area is 83.4 Å². The molecule has 0 aromatic carbocycles. The van der Waals surface area contributed by atoms with E-state index in [4.69, 9.17) is 0 Å². The Morgan fingerprint density at radius 3 is 2.79 bits per heavy atom. The molecule has 14 heavy (non-hydrogen) atoms. The average molecular weight is 219 g/mol. The molecule has 0 N–H and O–H groups in total. The van der Waals surface area contributed by atoms with Gasteiger partial charge in [-0.3, -0.25) is 4.79 Å². The summed E-state index contributed by atoms with van der Waals surface area (Å²) in [6, 6.07) is -0.678. The van der Waals surface area contributed by atoms with Crippen LogP contribution in [-0.2, 0) is 19.6 Å². The van der Waals surface area contributed by atoms with Gasteiger partial charge in [-0.05, 0) is 12.8 Å². The summed E-state index contributed by atoms with van der Waals surface area (Å²) in [5.74, 6) is -0.507. The van der Waals surface area contributed by atoms with Crippen LogP contribution in [-0.4, -0.2) is 38.4 Å². The Bertz CT molecular complexity index is 335. The first-order chi connectivity index (χ1) is 6.53. The van der Waals surface area contributed by atoms with Gasteiger partial charge in [-0.15, -0.1) is 0 Å². The van der Waals surface area contributed by atoms with E-state index in [0.717, 1.165) is 9.71 Å². The molecule has 0 radical (unpaired) electrons. The van der Waals surface area contributed by atoms with E-state index >= 15 is 0 Å². The summed E-state index contributed by atoms with van der Waals surface area (Å²) in [7, 11) is -2.26. The molecule has 1 heterocycles. The highest BCUT2D eigenvalue weighted by atomic mass is 32.2. The number of rotatable bonds is 3. The van der Waals surface area contributed by atoms with Crippen LogP contribution in [0, 0.1) is 0 Å².